The van der Waals surface area contributed by atoms with E-state index in [0.717, 1.165) is 21.3 Å². The lowest BCUT2D eigenvalue weighted by Crippen LogP contribution is -2.17. The molecule has 7 nitrogen and oxygen atoms in total. The molecule has 170 valence electrons. The maximum atomic E-state index is 12.9. The Morgan fingerprint density at radius 2 is 1.65 bits per heavy atom. The van der Waals surface area contributed by atoms with Gasteiger partial charge in [-0.3, -0.25) is 9.67 Å². The van der Waals surface area contributed by atoms with Crippen molar-refractivity contribution >= 4 is 10.9 Å². The minimum Gasteiger partial charge on any atom is -0.457 e. The first-order valence-electron chi connectivity index (χ1n) is 10.3. The van der Waals surface area contributed by atoms with Gasteiger partial charge in [-0.2, -0.15) is 18.3 Å². The standard InChI is InChI=1S/C24H17F3N6O/c25-24(26,27)15-33-13-20(16-7-9-28-10-8-16)22(32-33)18-11-29-23(30-12-18)34-14-19-6-5-17-3-1-2-4-21(17)31-19/h1-13H,14-15H2. The Hall–Kier alpha value is -4.34. The number of hydrogen-bond acceptors (Lipinski definition) is 6. The van der Waals surface area contributed by atoms with Gasteiger partial charge in [0.15, 0.2) is 0 Å². The van der Waals surface area contributed by atoms with Crippen molar-refractivity contribution in [3.8, 4) is 28.4 Å². The minimum atomic E-state index is -4.40. The van der Waals surface area contributed by atoms with Crippen LogP contribution in [0.2, 0.25) is 0 Å². The SMILES string of the molecule is FC(F)(F)Cn1cc(-c2ccncc2)c(-c2cnc(OCc3ccc4ccccc4n3)nc2)n1. The van der Waals surface area contributed by atoms with E-state index in [1.165, 1.54) is 18.6 Å². The molecular weight excluding hydrogens is 445 g/mol. The van der Waals surface area contributed by atoms with Crippen molar-refractivity contribution in [1.82, 2.24) is 29.7 Å². The average Bonchev–Trinajstić information content (AvgIpc) is 3.25. The smallest absolute Gasteiger partial charge is 0.408 e. The molecule has 0 saturated carbocycles. The van der Waals surface area contributed by atoms with Crippen LogP contribution >= 0.6 is 0 Å². The highest BCUT2D eigenvalue weighted by Crippen LogP contribution is 2.31. The molecule has 0 spiro atoms. The zero-order valence-electron chi connectivity index (χ0n) is 17.6. The lowest BCUT2D eigenvalue weighted by molar-refractivity contribution is -0.142. The first-order chi connectivity index (χ1) is 16.4. The van der Waals surface area contributed by atoms with Gasteiger partial charge >= 0.3 is 12.2 Å². The number of rotatable bonds is 6. The number of halogens is 3. The van der Waals surface area contributed by atoms with Crippen LogP contribution in [0.1, 0.15) is 5.69 Å². The Kier molecular flexibility index (Phi) is 5.62. The number of nitrogens with zero attached hydrogens (tertiary/aromatic N) is 6. The third kappa shape index (κ3) is 4.85. The fourth-order valence-corrected chi connectivity index (χ4v) is 3.48. The van der Waals surface area contributed by atoms with E-state index in [1.807, 2.05) is 36.4 Å². The van der Waals surface area contributed by atoms with Crippen LogP contribution in [-0.2, 0) is 13.2 Å². The van der Waals surface area contributed by atoms with Gasteiger partial charge in [-0.1, -0.05) is 24.3 Å². The fraction of sp³-hybridized carbons (Fsp3) is 0.125. The zero-order valence-corrected chi connectivity index (χ0v) is 17.6. The molecule has 4 heterocycles. The highest BCUT2D eigenvalue weighted by atomic mass is 19.4. The first-order valence-corrected chi connectivity index (χ1v) is 10.3. The summed E-state index contributed by atoms with van der Waals surface area (Å²) in [5.74, 6) is 0. The van der Waals surface area contributed by atoms with Crippen molar-refractivity contribution < 1.29 is 17.9 Å². The highest BCUT2D eigenvalue weighted by molar-refractivity contribution is 5.80. The molecule has 0 radical (unpaired) electrons. The summed E-state index contributed by atoms with van der Waals surface area (Å²) in [7, 11) is 0. The summed E-state index contributed by atoms with van der Waals surface area (Å²) in [6.45, 7) is -1.03. The summed E-state index contributed by atoms with van der Waals surface area (Å²) in [6.07, 6.45) is 3.03. The molecular formula is C24H17F3N6O. The molecule has 34 heavy (non-hydrogen) atoms. The lowest BCUT2D eigenvalue weighted by Gasteiger charge is -2.06. The minimum absolute atomic E-state index is 0.124. The molecule has 0 aliphatic rings. The Balaban J connectivity index is 1.37. The zero-order chi connectivity index (χ0) is 23.5. The third-order valence-electron chi connectivity index (χ3n) is 5.00. The molecule has 4 aromatic heterocycles. The average molecular weight is 462 g/mol. The molecule has 0 N–H and O–H groups in total. The van der Waals surface area contributed by atoms with Crippen LogP contribution < -0.4 is 4.74 Å². The second-order valence-corrected chi connectivity index (χ2v) is 7.48. The fourth-order valence-electron chi connectivity index (χ4n) is 3.48. The Morgan fingerprint density at radius 3 is 2.41 bits per heavy atom. The van der Waals surface area contributed by atoms with Gasteiger partial charge in [0.2, 0.25) is 0 Å². The highest BCUT2D eigenvalue weighted by Gasteiger charge is 2.29. The number of ether oxygens (including phenoxy) is 1. The molecule has 0 fully saturated rings. The maximum Gasteiger partial charge on any atom is 0.408 e. The number of fused-ring (bicyclic) bond motifs is 1. The molecule has 0 bridgehead atoms. The second-order valence-electron chi connectivity index (χ2n) is 7.48. The number of hydrogen-bond donors (Lipinski definition) is 0. The number of benzene rings is 1. The quantitative estimate of drug-likeness (QED) is 0.350. The van der Waals surface area contributed by atoms with Gasteiger partial charge in [0, 0.05) is 47.5 Å². The van der Waals surface area contributed by atoms with Crippen molar-refractivity contribution in [3.63, 3.8) is 0 Å². The van der Waals surface area contributed by atoms with Crippen LogP contribution in [0.4, 0.5) is 13.2 Å². The van der Waals surface area contributed by atoms with E-state index in [1.54, 1.807) is 24.5 Å². The molecule has 5 rings (SSSR count). The summed E-state index contributed by atoms with van der Waals surface area (Å²) >= 11 is 0. The number of alkyl halides is 3. The normalized spacial score (nSPS) is 11.6. The van der Waals surface area contributed by atoms with E-state index in [9.17, 15) is 13.2 Å². The Labute approximate surface area is 191 Å². The molecule has 1 aromatic carbocycles. The van der Waals surface area contributed by atoms with Crippen molar-refractivity contribution in [2.45, 2.75) is 19.3 Å². The summed E-state index contributed by atoms with van der Waals surface area (Å²) < 4.78 is 45.3. The largest absolute Gasteiger partial charge is 0.457 e. The van der Waals surface area contributed by atoms with Gasteiger partial charge in [-0.25, -0.2) is 15.0 Å². The number of aromatic nitrogens is 6. The van der Waals surface area contributed by atoms with E-state index < -0.39 is 12.7 Å². The molecule has 10 heteroatoms. The van der Waals surface area contributed by atoms with Crippen LogP contribution in [0, 0.1) is 0 Å². The summed E-state index contributed by atoms with van der Waals surface area (Å²) in [6, 6.07) is 15.1. The predicted octanol–water partition coefficient (Wildman–Crippen LogP) is 5.09. The van der Waals surface area contributed by atoms with Crippen molar-refractivity contribution in [2.75, 3.05) is 0 Å². The molecule has 0 aliphatic carbocycles. The van der Waals surface area contributed by atoms with E-state index >= 15 is 0 Å². The molecule has 0 unspecified atom stereocenters. The van der Waals surface area contributed by atoms with E-state index in [0.29, 0.717) is 22.4 Å². The van der Waals surface area contributed by atoms with Crippen LogP contribution in [0.15, 0.2) is 79.5 Å². The molecule has 0 atom stereocenters. The van der Waals surface area contributed by atoms with Crippen LogP contribution in [0.3, 0.4) is 0 Å². The van der Waals surface area contributed by atoms with Crippen molar-refractivity contribution in [2.24, 2.45) is 0 Å². The summed E-state index contributed by atoms with van der Waals surface area (Å²) in [5, 5.41) is 5.17. The monoisotopic (exact) mass is 462 g/mol. The van der Waals surface area contributed by atoms with Gasteiger partial charge in [0.05, 0.1) is 11.2 Å². The third-order valence-corrected chi connectivity index (χ3v) is 5.00. The van der Waals surface area contributed by atoms with Gasteiger partial charge in [-0.05, 0) is 29.8 Å². The lowest BCUT2D eigenvalue weighted by atomic mass is 10.1. The van der Waals surface area contributed by atoms with E-state index in [-0.39, 0.29) is 12.6 Å². The predicted molar refractivity (Wildman–Crippen MR) is 119 cm³/mol. The van der Waals surface area contributed by atoms with Crippen LogP contribution in [-0.4, -0.2) is 35.9 Å². The van der Waals surface area contributed by atoms with Gasteiger partial charge < -0.3 is 4.74 Å². The topological polar surface area (TPSA) is 78.6 Å². The Morgan fingerprint density at radius 1 is 0.882 bits per heavy atom. The summed E-state index contributed by atoms with van der Waals surface area (Å²) in [5.41, 5.74) is 3.57. The van der Waals surface area contributed by atoms with Gasteiger partial charge in [-0.15, -0.1) is 0 Å². The molecule has 0 saturated heterocycles. The second kappa shape index (κ2) is 8.89. The number of pyridine rings is 2. The van der Waals surface area contributed by atoms with E-state index in [4.69, 9.17) is 4.74 Å². The van der Waals surface area contributed by atoms with Gasteiger partial charge in [0.25, 0.3) is 0 Å². The number of para-hydroxylation sites is 1. The first kappa shape index (κ1) is 21.5. The van der Waals surface area contributed by atoms with Crippen LogP contribution in [0.25, 0.3) is 33.3 Å². The molecule has 0 aliphatic heterocycles. The molecule has 5 aromatic rings. The summed E-state index contributed by atoms with van der Waals surface area (Å²) in [4.78, 5) is 16.9. The van der Waals surface area contributed by atoms with Crippen molar-refractivity contribution in [3.05, 3.63) is 85.2 Å². The van der Waals surface area contributed by atoms with Gasteiger partial charge in [0.1, 0.15) is 18.8 Å². The van der Waals surface area contributed by atoms with Crippen molar-refractivity contribution in [1.29, 1.82) is 0 Å². The maximum absolute atomic E-state index is 12.9. The van der Waals surface area contributed by atoms with Crippen LogP contribution in [0.5, 0.6) is 6.01 Å². The molecule has 0 amide bonds. The van der Waals surface area contributed by atoms with E-state index in [2.05, 4.69) is 25.0 Å². The Bertz CT molecular complexity index is 1420.